The molecule has 2 rings (SSSR count). The number of para-hydroxylation sites is 1. The first-order chi connectivity index (χ1) is 8.31. The molecule has 0 aliphatic heterocycles. The van der Waals surface area contributed by atoms with Crippen molar-refractivity contribution in [2.24, 2.45) is 0 Å². The number of methoxy groups -OCH3 is 1. The van der Waals surface area contributed by atoms with Crippen LogP contribution in [0.4, 0.5) is 5.69 Å². The second kappa shape index (κ2) is 5.55. The predicted octanol–water partition coefficient (Wildman–Crippen LogP) is 3.36. The Labute approximate surface area is 105 Å². The highest BCUT2D eigenvalue weighted by Crippen LogP contribution is 2.22. The zero-order valence-corrected chi connectivity index (χ0v) is 10.2. The molecule has 1 N–H and O–H groups in total. The van der Waals surface area contributed by atoms with Gasteiger partial charge in [-0.1, -0.05) is 29.8 Å². The Morgan fingerprint density at radius 2 is 2.12 bits per heavy atom. The van der Waals surface area contributed by atoms with Gasteiger partial charge in [-0.15, -0.1) is 0 Å². The highest BCUT2D eigenvalue weighted by atomic mass is 35.5. The van der Waals surface area contributed by atoms with Crippen LogP contribution < -0.4 is 10.1 Å². The number of benzene rings is 1. The van der Waals surface area contributed by atoms with E-state index in [4.69, 9.17) is 16.3 Å². The molecule has 3 nitrogen and oxygen atoms in total. The minimum absolute atomic E-state index is 0.648. The Bertz CT molecular complexity index is 502. The van der Waals surface area contributed by atoms with E-state index in [2.05, 4.69) is 10.3 Å². The number of aromatic nitrogens is 1. The normalized spacial score (nSPS) is 10.0. The van der Waals surface area contributed by atoms with Gasteiger partial charge in [-0.25, -0.2) is 0 Å². The number of hydrogen-bond donors (Lipinski definition) is 1. The summed E-state index contributed by atoms with van der Waals surface area (Å²) >= 11 is 6.03. The molecule has 0 atom stereocenters. The Morgan fingerprint density at radius 3 is 2.88 bits per heavy atom. The van der Waals surface area contributed by atoms with E-state index in [9.17, 15) is 0 Å². The average Bonchev–Trinajstić information content (AvgIpc) is 2.38. The summed E-state index contributed by atoms with van der Waals surface area (Å²) in [6.07, 6.45) is 3.37. The largest absolute Gasteiger partial charge is 0.496 e. The first-order valence-electron chi connectivity index (χ1n) is 5.26. The Balaban J connectivity index is 2.10. The van der Waals surface area contributed by atoms with Gasteiger partial charge in [-0.3, -0.25) is 4.98 Å². The van der Waals surface area contributed by atoms with Gasteiger partial charge in [0.2, 0.25) is 0 Å². The minimum Gasteiger partial charge on any atom is -0.496 e. The summed E-state index contributed by atoms with van der Waals surface area (Å²) in [5.74, 6) is 0.861. The number of halogens is 1. The fourth-order valence-electron chi connectivity index (χ4n) is 1.55. The lowest BCUT2D eigenvalue weighted by molar-refractivity contribution is 0.410. The van der Waals surface area contributed by atoms with Crippen LogP contribution in [0.1, 0.15) is 5.56 Å². The maximum absolute atomic E-state index is 6.03. The fourth-order valence-corrected chi connectivity index (χ4v) is 1.72. The first-order valence-corrected chi connectivity index (χ1v) is 5.64. The Kier molecular flexibility index (Phi) is 3.83. The van der Waals surface area contributed by atoms with E-state index in [0.717, 1.165) is 17.0 Å². The summed E-state index contributed by atoms with van der Waals surface area (Å²) in [5, 5.41) is 3.89. The third-order valence-corrected chi connectivity index (χ3v) is 2.76. The number of ether oxygens (including phenoxy) is 1. The van der Waals surface area contributed by atoms with Gasteiger partial charge in [0.25, 0.3) is 0 Å². The summed E-state index contributed by atoms with van der Waals surface area (Å²) in [7, 11) is 1.66. The van der Waals surface area contributed by atoms with Crippen molar-refractivity contribution in [3.05, 3.63) is 53.3 Å². The summed E-state index contributed by atoms with van der Waals surface area (Å²) in [6.45, 7) is 0.648. The van der Waals surface area contributed by atoms with Crippen molar-refractivity contribution in [1.29, 1.82) is 0 Å². The molecular weight excluding hydrogens is 236 g/mol. The molecule has 1 aromatic carbocycles. The fraction of sp³-hybridized carbons (Fsp3) is 0.154. The summed E-state index contributed by atoms with van der Waals surface area (Å²) in [4.78, 5) is 4.02. The van der Waals surface area contributed by atoms with Crippen molar-refractivity contribution >= 4 is 17.3 Å². The lowest BCUT2D eigenvalue weighted by Gasteiger charge is -2.10. The molecule has 0 spiro atoms. The van der Waals surface area contributed by atoms with Gasteiger partial charge >= 0.3 is 0 Å². The zero-order chi connectivity index (χ0) is 12.1. The molecule has 1 aromatic heterocycles. The average molecular weight is 249 g/mol. The lowest BCUT2D eigenvalue weighted by Crippen LogP contribution is -2.02. The summed E-state index contributed by atoms with van der Waals surface area (Å²) < 4.78 is 5.28. The van der Waals surface area contributed by atoms with E-state index in [1.807, 2.05) is 24.3 Å². The molecular formula is C13H13ClN2O. The molecule has 0 radical (unpaired) electrons. The maximum Gasteiger partial charge on any atom is 0.123 e. The second-order valence-electron chi connectivity index (χ2n) is 3.52. The van der Waals surface area contributed by atoms with E-state index in [0.29, 0.717) is 11.6 Å². The van der Waals surface area contributed by atoms with Crippen LogP contribution in [-0.2, 0) is 6.54 Å². The zero-order valence-electron chi connectivity index (χ0n) is 9.48. The molecule has 0 unspecified atom stereocenters. The molecule has 0 saturated carbocycles. The molecule has 17 heavy (non-hydrogen) atoms. The van der Waals surface area contributed by atoms with Crippen molar-refractivity contribution in [1.82, 2.24) is 4.98 Å². The molecule has 0 aliphatic rings. The number of pyridine rings is 1. The summed E-state index contributed by atoms with van der Waals surface area (Å²) in [6, 6.07) is 9.62. The predicted molar refractivity (Wildman–Crippen MR) is 69.6 cm³/mol. The van der Waals surface area contributed by atoms with Crippen LogP contribution in [0, 0.1) is 0 Å². The molecule has 4 heteroatoms. The van der Waals surface area contributed by atoms with Crippen molar-refractivity contribution in [3.8, 4) is 5.75 Å². The molecule has 0 saturated heterocycles. The van der Waals surface area contributed by atoms with Gasteiger partial charge in [0, 0.05) is 18.3 Å². The monoisotopic (exact) mass is 248 g/mol. The van der Waals surface area contributed by atoms with Crippen LogP contribution in [0.15, 0.2) is 42.7 Å². The van der Waals surface area contributed by atoms with Crippen LogP contribution in [0.5, 0.6) is 5.75 Å². The summed E-state index contributed by atoms with van der Waals surface area (Å²) in [5.41, 5.74) is 1.90. The molecule has 1 heterocycles. The van der Waals surface area contributed by atoms with Gasteiger partial charge in [0.05, 0.1) is 24.0 Å². The minimum atomic E-state index is 0.648. The maximum atomic E-state index is 6.03. The highest BCUT2D eigenvalue weighted by molar-refractivity contribution is 6.33. The number of anilines is 1. The number of rotatable bonds is 4. The van der Waals surface area contributed by atoms with Gasteiger partial charge in [0.15, 0.2) is 0 Å². The van der Waals surface area contributed by atoms with Gasteiger partial charge in [-0.05, 0) is 12.1 Å². The van der Waals surface area contributed by atoms with E-state index in [1.165, 1.54) is 0 Å². The van der Waals surface area contributed by atoms with E-state index >= 15 is 0 Å². The standard InChI is InChI=1S/C13H13ClN2O/c1-17-13-5-3-2-4-10(13)8-16-12-9-15-7-6-11(12)14/h2-7,9,16H,8H2,1H3. The third-order valence-electron chi connectivity index (χ3n) is 2.43. The Morgan fingerprint density at radius 1 is 1.29 bits per heavy atom. The van der Waals surface area contributed by atoms with E-state index in [-0.39, 0.29) is 0 Å². The van der Waals surface area contributed by atoms with Gasteiger partial charge in [0.1, 0.15) is 5.75 Å². The van der Waals surface area contributed by atoms with Gasteiger partial charge < -0.3 is 10.1 Å². The van der Waals surface area contributed by atoms with Crippen molar-refractivity contribution in [2.45, 2.75) is 6.54 Å². The molecule has 2 aromatic rings. The third kappa shape index (κ3) is 2.88. The number of nitrogens with zero attached hydrogens (tertiary/aromatic N) is 1. The van der Waals surface area contributed by atoms with Crippen LogP contribution in [0.25, 0.3) is 0 Å². The molecule has 88 valence electrons. The van der Waals surface area contributed by atoms with Crippen LogP contribution in [0.3, 0.4) is 0 Å². The second-order valence-corrected chi connectivity index (χ2v) is 3.93. The molecule has 0 bridgehead atoms. The lowest BCUT2D eigenvalue weighted by atomic mass is 10.2. The highest BCUT2D eigenvalue weighted by Gasteiger charge is 2.03. The molecule has 0 fully saturated rings. The number of hydrogen-bond acceptors (Lipinski definition) is 3. The van der Waals surface area contributed by atoms with Gasteiger partial charge in [-0.2, -0.15) is 0 Å². The number of nitrogens with one attached hydrogen (secondary N) is 1. The van der Waals surface area contributed by atoms with E-state index < -0.39 is 0 Å². The Hall–Kier alpha value is -1.74. The molecule has 0 amide bonds. The smallest absolute Gasteiger partial charge is 0.123 e. The van der Waals surface area contributed by atoms with Crippen molar-refractivity contribution in [3.63, 3.8) is 0 Å². The van der Waals surface area contributed by atoms with Crippen molar-refractivity contribution in [2.75, 3.05) is 12.4 Å². The first kappa shape index (κ1) is 11.7. The molecule has 0 aliphatic carbocycles. The van der Waals surface area contributed by atoms with Crippen LogP contribution >= 0.6 is 11.6 Å². The van der Waals surface area contributed by atoms with E-state index in [1.54, 1.807) is 25.6 Å². The van der Waals surface area contributed by atoms with Crippen LogP contribution in [-0.4, -0.2) is 12.1 Å². The SMILES string of the molecule is COc1ccccc1CNc1cnccc1Cl. The topological polar surface area (TPSA) is 34.1 Å². The van der Waals surface area contributed by atoms with Crippen molar-refractivity contribution < 1.29 is 4.74 Å². The van der Waals surface area contributed by atoms with Crippen LogP contribution in [0.2, 0.25) is 5.02 Å². The quantitative estimate of drug-likeness (QED) is 0.901.